The largest absolute Gasteiger partial charge is 0.453 e. The topological polar surface area (TPSA) is 124 Å². The zero-order valence-corrected chi connectivity index (χ0v) is 21.1. The molecule has 0 spiro atoms. The van der Waals surface area contributed by atoms with Crippen LogP contribution in [0.3, 0.4) is 0 Å². The molecule has 36 heavy (non-hydrogen) atoms. The number of hydrogen-bond donors (Lipinski definition) is 0. The molecule has 1 aliphatic heterocycles. The van der Waals surface area contributed by atoms with Gasteiger partial charge in [-0.1, -0.05) is 60.7 Å². The molecule has 4 atom stereocenters. The molecule has 0 N–H and O–H groups in total. The van der Waals surface area contributed by atoms with Crippen LogP contribution in [0.1, 0.15) is 25.0 Å². The van der Waals surface area contributed by atoms with Gasteiger partial charge in [-0.25, -0.2) is 0 Å². The van der Waals surface area contributed by atoms with Crippen molar-refractivity contribution in [2.24, 2.45) is 0 Å². The smallest absolute Gasteiger partial charge is 0.305 e. The van der Waals surface area contributed by atoms with E-state index in [0.717, 1.165) is 17.4 Å². The predicted molar refractivity (Wildman–Crippen MR) is 127 cm³/mol. The maximum atomic E-state index is 11.9. The Hall–Kier alpha value is -2.83. The molecule has 0 aromatic heterocycles. The van der Waals surface area contributed by atoms with Crippen molar-refractivity contribution in [2.45, 2.75) is 51.2 Å². The first-order valence-corrected chi connectivity index (χ1v) is 13.0. The molecule has 0 saturated carbocycles. The summed E-state index contributed by atoms with van der Waals surface area (Å²) in [6.07, 6.45) is -2.80. The highest BCUT2D eigenvalue weighted by atomic mass is 32.2. The third kappa shape index (κ3) is 8.10. The maximum absolute atomic E-state index is 11.9. The van der Waals surface area contributed by atoms with Gasteiger partial charge in [-0.15, -0.1) is 0 Å². The molecular formula is C25H30O10S. The molecule has 0 radical (unpaired) electrons. The van der Waals surface area contributed by atoms with Crippen LogP contribution in [0, 0.1) is 0 Å². The minimum atomic E-state index is -3.91. The van der Waals surface area contributed by atoms with Gasteiger partial charge >= 0.3 is 11.9 Å². The first-order chi connectivity index (χ1) is 17.1. The average Bonchev–Trinajstić information content (AvgIpc) is 3.08. The van der Waals surface area contributed by atoms with Crippen LogP contribution in [-0.2, 0) is 60.8 Å². The van der Waals surface area contributed by atoms with Crippen LogP contribution in [-0.4, -0.2) is 63.9 Å². The van der Waals surface area contributed by atoms with Crippen molar-refractivity contribution >= 4 is 22.1 Å². The molecular weight excluding hydrogens is 492 g/mol. The van der Waals surface area contributed by atoms with E-state index in [4.69, 9.17) is 27.9 Å². The van der Waals surface area contributed by atoms with Gasteiger partial charge < -0.3 is 23.7 Å². The third-order valence-corrected chi connectivity index (χ3v) is 5.81. The minimum absolute atomic E-state index is 0.0682. The molecule has 11 heteroatoms. The highest BCUT2D eigenvalue weighted by molar-refractivity contribution is 7.85. The van der Waals surface area contributed by atoms with Crippen LogP contribution >= 0.6 is 0 Å². The molecule has 10 nitrogen and oxygen atoms in total. The number of carbonyl (C=O) groups is 2. The van der Waals surface area contributed by atoms with Crippen molar-refractivity contribution in [3.05, 3.63) is 71.8 Å². The number of rotatable bonds is 12. The van der Waals surface area contributed by atoms with Gasteiger partial charge in [0.2, 0.25) is 6.29 Å². The van der Waals surface area contributed by atoms with Gasteiger partial charge in [-0.05, 0) is 11.1 Å². The second-order valence-electron chi connectivity index (χ2n) is 8.40. The molecule has 1 heterocycles. The van der Waals surface area contributed by atoms with Gasteiger partial charge in [0.15, 0.2) is 11.7 Å². The highest BCUT2D eigenvalue weighted by Gasteiger charge is 2.60. The van der Waals surface area contributed by atoms with Crippen molar-refractivity contribution in [3.63, 3.8) is 0 Å². The lowest BCUT2D eigenvalue weighted by atomic mass is 9.96. The summed E-state index contributed by atoms with van der Waals surface area (Å²) in [4.78, 5) is 23.7. The van der Waals surface area contributed by atoms with E-state index in [1.165, 1.54) is 13.8 Å². The van der Waals surface area contributed by atoms with Crippen LogP contribution in [0.5, 0.6) is 0 Å². The van der Waals surface area contributed by atoms with Gasteiger partial charge in [0.05, 0.1) is 26.1 Å². The lowest BCUT2D eigenvalue weighted by Gasteiger charge is -2.33. The van der Waals surface area contributed by atoms with Crippen molar-refractivity contribution in [1.82, 2.24) is 0 Å². The lowest BCUT2D eigenvalue weighted by molar-refractivity contribution is -0.217. The Labute approximate surface area is 210 Å². The number of benzene rings is 2. The van der Waals surface area contributed by atoms with Crippen molar-refractivity contribution in [1.29, 1.82) is 0 Å². The van der Waals surface area contributed by atoms with E-state index in [1.54, 1.807) is 0 Å². The fourth-order valence-corrected chi connectivity index (χ4v) is 4.19. The molecule has 1 fully saturated rings. The average molecular weight is 523 g/mol. The van der Waals surface area contributed by atoms with E-state index >= 15 is 0 Å². The summed E-state index contributed by atoms with van der Waals surface area (Å²) in [5.41, 5.74) is 0.0648. The van der Waals surface area contributed by atoms with Gasteiger partial charge in [0.1, 0.15) is 12.7 Å². The Balaban J connectivity index is 1.94. The Morgan fingerprint density at radius 1 is 0.861 bits per heavy atom. The first kappa shape index (κ1) is 27.8. The molecule has 2 aromatic rings. The molecule has 196 valence electrons. The van der Waals surface area contributed by atoms with E-state index in [0.29, 0.717) is 0 Å². The quantitative estimate of drug-likeness (QED) is 0.303. The molecule has 0 amide bonds. The normalized spacial score (nSPS) is 23.8. The van der Waals surface area contributed by atoms with Crippen LogP contribution in [0.15, 0.2) is 60.7 Å². The number of hydrogen-bond acceptors (Lipinski definition) is 10. The van der Waals surface area contributed by atoms with Crippen LogP contribution in [0.2, 0.25) is 0 Å². The summed E-state index contributed by atoms with van der Waals surface area (Å²) in [6, 6.07) is 18.5. The summed E-state index contributed by atoms with van der Waals surface area (Å²) in [7, 11) is -3.91. The zero-order chi connectivity index (χ0) is 26.2. The number of ether oxygens (including phenoxy) is 5. The Morgan fingerprint density at radius 3 is 1.94 bits per heavy atom. The Morgan fingerprint density at radius 2 is 1.42 bits per heavy atom. The minimum Gasteiger partial charge on any atom is -0.453 e. The summed E-state index contributed by atoms with van der Waals surface area (Å²) < 4.78 is 57.7. The number of carbonyl (C=O) groups excluding carboxylic acids is 2. The SMILES string of the molecule is CC(=O)OC1O[C@@](COCc2ccccc2)(COS(C)(=O)=O)[C@@H](OCc2ccccc2)[C@H]1OC(C)=O. The zero-order valence-electron chi connectivity index (χ0n) is 20.3. The second kappa shape index (κ2) is 12.4. The summed E-state index contributed by atoms with van der Waals surface area (Å²) >= 11 is 0. The lowest BCUT2D eigenvalue weighted by Crippen LogP contribution is -2.53. The maximum Gasteiger partial charge on any atom is 0.305 e. The van der Waals surface area contributed by atoms with E-state index in [1.807, 2.05) is 60.7 Å². The monoisotopic (exact) mass is 522 g/mol. The second-order valence-corrected chi connectivity index (χ2v) is 10.0. The van der Waals surface area contributed by atoms with Crippen molar-refractivity contribution in [3.8, 4) is 0 Å². The third-order valence-electron chi connectivity index (χ3n) is 5.27. The fraction of sp³-hybridized carbons (Fsp3) is 0.440. The van der Waals surface area contributed by atoms with Gasteiger partial charge in [0.25, 0.3) is 10.1 Å². The van der Waals surface area contributed by atoms with Crippen molar-refractivity contribution < 1.29 is 45.9 Å². The summed E-state index contributed by atoms with van der Waals surface area (Å²) in [5, 5.41) is 0. The van der Waals surface area contributed by atoms with Crippen LogP contribution in [0.4, 0.5) is 0 Å². The Bertz CT molecular complexity index is 1110. The van der Waals surface area contributed by atoms with E-state index < -0.39 is 52.8 Å². The first-order valence-electron chi connectivity index (χ1n) is 11.2. The molecule has 0 aliphatic carbocycles. The van der Waals surface area contributed by atoms with E-state index in [9.17, 15) is 18.0 Å². The molecule has 0 bridgehead atoms. The van der Waals surface area contributed by atoms with Gasteiger partial charge in [-0.3, -0.25) is 13.8 Å². The van der Waals surface area contributed by atoms with E-state index in [-0.39, 0.29) is 19.8 Å². The fourth-order valence-electron chi connectivity index (χ4n) is 3.77. The molecule has 1 aliphatic rings. The molecule has 1 unspecified atom stereocenters. The van der Waals surface area contributed by atoms with Gasteiger partial charge in [-0.2, -0.15) is 8.42 Å². The summed E-state index contributed by atoms with van der Waals surface area (Å²) in [6.45, 7) is 1.86. The van der Waals surface area contributed by atoms with Crippen molar-refractivity contribution in [2.75, 3.05) is 19.5 Å². The van der Waals surface area contributed by atoms with Crippen LogP contribution < -0.4 is 0 Å². The molecule has 2 aromatic carbocycles. The highest BCUT2D eigenvalue weighted by Crippen LogP contribution is 2.38. The Kier molecular flexibility index (Phi) is 9.57. The van der Waals surface area contributed by atoms with Crippen LogP contribution in [0.25, 0.3) is 0 Å². The molecule has 3 rings (SSSR count). The standard InChI is InChI=1S/C25H30O10S/c1-18(26)33-22-23(31-15-21-12-8-5-9-13-21)25(17-32-36(3,28)29,35-24(22)34-19(2)27)16-30-14-20-10-6-4-7-11-20/h4-13,22-24H,14-17H2,1-3H3/t22-,23+,24?,25+/m1/s1. The predicted octanol–water partition coefficient (Wildman–Crippen LogP) is 2.35. The van der Waals surface area contributed by atoms with E-state index in [2.05, 4.69) is 0 Å². The number of esters is 2. The van der Waals surface area contributed by atoms with Gasteiger partial charge in [0, 0.05) is 13.8 Å². The molecule has 1 saturated heterocycles. The summed E-state index contributed by atoms with van der Waals surface area (Å²) in [5.74, 6) is -1.36.